The normalized spacial score (nSPS) is 13.3. The number of methoxy groups -OCH3 is 2. The first-order valence-electron chi connectivity index (χ1n) is 9.64. The molecule has 0 amide bonds. The van der Waals surface area contributed by atoms with E-state index in [1.165, 1.54) is 40.4 Å². The summed E-state index contributed by atoms with van der Waals surface area (Å²) in [6.07, 6.45) is 7.19. The lowest BCUT2D eigenvalue weighted by molar-refractivity contribution is 0.356. The molecule has 1 saturated carbocycles. The number of rotatable bonds is 5. The zero-order chi connectivity index (χ0) is 19.1. The number of fused-ring (bicyclic) bond motifs is 2. The molecular weight excluding hydrogens is 360 g/mol. The summed E-state index contributed by atoms with van der Waals surface area (Å²) < 4.78 is 11.1. The number of ether oxygens (including phenoxy) is 2. The van der Waals surface area contributed by atoms with Crippen molar-refractivity contribution in [1.82, 2.24) is 9.97 Å². The average Bonchev–Trinajstić information content (AvgIpc) is 3.58. The van der Waals surface area contributed by atoms with Crippen LogP contribution in [0.25, 0.3) is 21.7 Å². The number of para-hydroxylation sites is 1. The second-order valence-corrected chi connectivity index (χ2v) is 7.41. The molecule has 5 rings (SSSR count). The maximum atomic E-state index is 5.57. The van der Waals surface area contributed by atoms with Gasteiger partial charge in [0, 0.05) is 35.5 Å². The monoisotopic (exact) mass is 386 g/mol. The van der Waals surface area contributed by atoms with Gasteiger partial charge in [0.2, 0.25) is 0 Å². The molecule has 1 fully saturated rings. The zero-order valence-electron chi connectivity index (χ0n) is 16.1. The van der Waals surface area contributed by atoms with E-state index < -0.39 is 0 Å². The molecule has 29 heavy (non-hydrogen) atoms. The fourth-order valence-corrected chi connectivity index (χ4v) is 3.90. The molecule has 0 unspecified atom stereocenters. The van der Waals surface area contributed by atoms with Crippen molar-refractivity contribution >= 4 is 21.7 Å². The molecular formula is C25H26N2O2. The lowest BCUT2D eigenvalue weighted by atomic mass is 9.97. The smallest absolute Gasteiger partial charge is 0.161 e. The first-order chi connectivity index (χ1) is 13.8. The number of benzene rings is 2. The summed E-state index contributed by atoms with van der Waals surface area (Å²) in [4.78, 5) is 9.45. The Labute approximate surface area is 171 Å². The molecule has 2 heterocycles. The maximum Gasteiger partial charge on any atom is 0.161 e. The predicted octanol–water partition coefficient (Wildman–Crippen LogP) is 5.90. The fraction of sp³-hybridized carbons (Fsp3) is 0.280. The van der Waals surface area contributed by atoms with Crippen LogP contribution in [0.2, 0.25) is 0 Å². The third-order valence-corrected chi connectivity index (χ3v) is 5.51. The van der Waals surface area contributed by atoms with Crippen LogP contribution in [0.5, 0.6) is 11.5 Å². The Morgan fingerprint density at radius 2 is 1.62 bits per heavy atom. The van der Waals surface area contributed by atoms with Gasteiger partial charge in [-0.05, 0) is 53.6 Å². The van der Waals surface area contributed by atoms with Crippen LogP contribution in [0, 0.1) is 0 Å². The Balaban J connectivity index is 0.00000205. The Morgan fingerprint density at radius 1 is 0.897 bits per heavy atom. The second-order valence-electron chi connectivity index (χ2n) is 7.41. The van der Waals surface area contributed by atoms with Crippen molar-refractivity contribution < 1.29 is 9.47 Å². The third kappa shape index (κ3) is 3.51. The molecule has 0 atom stereocenters. The van der Waals surface area contributed by atoms with Crippen LogP contribution in [0.4, 0.5) is 0 Å². The molecule has 4 nitrogen and oxygen atoms in total. The van der Waals surface area contributed by atoms with Gasteiger partial charge in [0.05, 0.1) is 25.4 Å². The van der Waals surface area contributed by atoms with Gasteiger partial charge in [-0.3, -0.25) is 9.97 Å². The van der Waals surface area contributed by atoms with Crippen LogP contribution in [-0.4, -0.2) is 24.2 Å². The highest BCUT2D eigenvalue weighted by Gasteiger charge is 2.28. The molecule has 0 spiro atoms. The van der Waals surface area contributed by atoms with E-state index in [4.69, 9.17) is 14.5 Å². The summed E-state index contributed by atoms with van der Waals surface area (Å²) in [5.74, 6) is 2.07. The molecule has 1 aliphatic carbocycles. The maximum absolute atomic E-state index is 5.57. The van der Waals surface area contributed by atoms with E-state index in [2.05, 4.69) is 29.2 Å². The molecule has 2 aromatic heterocycles. The first-order valence-corrected chi connectivity index (χ1v) is 9.64. The zero-order valence-corrected chi connectivity index (χ0v) is 16.1. The van der Waals surface area contributed by atoms with Gasteiger partial charge in [0.15, 0.2) is 11.5 Å². The van der Waals surface area contributed by atoms with E-state index in [-0.39, 0.29) is 7.43 Å². The minimum atomic E-state index is 0. The molecule has 0 N–H and O–H groups in total. The van der Waals surface area contributed by atoms with Gasteiger partial charge in [-0.25, -0.2) is 0 Å². The fourth-order valence-electron chi connectivity index (χ4n) is 3.90. The summed E-state index contributed by atoms with van der Waals surface area (Å²) in [5, 5.41) is 3.51. The Kier molecular flexibility index (Phi) is 5.10. The van der Waals surface area contributed by atoms with Crippen molar-refractivity contribution in [2.45, 2.75) is 32.6 Å². The summed E-state index contributed by atoms with van der Waals surface area (Å²) in [5.41, 5.74) is 4.55. The average molecular weight is 386 g/mol. The molecule has 1 aliphatic rings. The second kappa shape index (κ2) is 7.70. The predicted molar refractivity (Wildman–Crippen MR) is 118 cm³/mol. The quantitative estimate of drug-likeness (QED) is 0.428. The number of hydrogen-bond acceptors (Lipinski definition) is 4. The number of aromatic nitrogens is 2. The van der Waals surface area contributed by atoms with E-state index in [0.717, 1.165) is 28.8 Å². The Bertz CT molecular complexity index is 1180. The summed E-state index contributed by atoms with van der Waals surface area (Å²) >= 11 is 0. The molecule has 0 radical (unpaired) electrons. The van der Waals surface area contributed by atoms with Gasteiger partial charge in [0.25, 0.3) is 0 Å². The van der Waals surface area contributed by atoms with Crippen molar-refractivity contribution in [3.8, 4) is 11.5 Å². The van der Waals surface area contributed by atoms with Gasteiger partial charge in [-0.15, -0.1) is 0 Å². The largest absolute Gasteiger partial charge is 0.493 e. The van der Waals surface area contributed by atoms with Crippen molar-refractivity contribution in [3.63, 3.8) is 0 Å². The molecule has 148 valence electrons. The highest BCUT2D eigenvalue weighted by Crippen LogP contribution is 2.44. The van der Waals surface area contributed by atoms with Crippen LogP contribution in [-0.2, 0) is 6.42 Å². The van der Waals surface area contributed by atoms with Crippen LogP contribution in [0.1, 0.15) is 43.0 Å². The summed E-state index contributed by atoms with van der Waals surface area (Å²) in [7, 11) is 3.36. The van der Waals surface area contributed by atoms with E-state index >= 15 is 0 Å². The minimum absolute atomic E-state index is 0. The lowest BCUT2D eigenvalue weighted by Gasteiger charge is -2.14. The molecule has 0 bridgehead atoms. The number of nitrogens with zero attached hydrogens (tertiary/aromatic N) is 2. The Morgan fingerprint density at radius 3 is 2.34 bits per heavy atom. The van der Waals surface area contributed by atoms with Gasteiger partial charge in [-0.2, -0.15) is 0 Å². The van der Waals surface area contributed by atoms with Crippen LogP contribution < -0.4 is 9.47 Å². The van der Waals surface area contributed by atoms with Crippen molar-refractivity contribution in [2.75, 3.05) is 14.2 Å². The highest BCUT2D eigenvalue weighted by molar-refractivity contribution is 5.91. The SMILES string of the molecule is C.COc1cc2c(Cc3cnc4ccccc4c3)cnc(C3CC3)c2cc1OC. The molecule has 2 aromatic carbocycles. The number of pyridine rings is 2. The van der Waals surface area contributed by atoms with Gasteiger partial charge < -0.3 is 9.47 Å². The number of hydrogen-bond donors (Lipinski definition) is 0. The minimum Gasteiger partial charge on any atom is -0.493 e. The van der Waals surface area contributed by atoms with Crippen molar-refractivity contribution in [2.24, 2.45) is 0 Å². The highest BCUT2D eigenvalue weighted by atomic mass is 16.5. The van der Waals surface area contributed by atoms with Crippen LogP contribution >= 0.6 is 0 Å². The summed E-state index contributed by atoms with van der Waals surface area (Å²) in [6.45, 7) is 0. The van der Waals surface area contributed by atoms with Crippen LogP contribution in [0.3, 0.4) is 0 Å². The lowest BCUT2D eigenvalue weighted by Crippen LogP contribution is -1.99. The summed E-state index contributed by atoms with van der Waals surface area (Å²) in [6, 6.07) is 14.6. The van der Waals surface area contributed by atoms with Crippen molar-refractivity contribution in [1.29, 1.82) is 0 Å². The molecule has 4 heteroatoms. The molecule has 0 aliphatic heterocycles. The third-order valence-electron chi connectivity index (χ3n) is 5.51. The Hall–Kier alpha value is -3.14. The van der Waals surface area contributed by atoms with Crippen LogP contribution in [0.15, 0.2) is 54.9 Å². The van der Waals surface area contributed by atoms with Gasteiger partial charge >= 0.3 is 0 Å². The van der Waals surface area contributed by atoms with Crippen molar-refractivity contribution in [3.05, 3.63) is 71.7 Å². The van der Waals surface area contributed by atoms with E-state index in [0.29, 0.717) is 5.92 Å². The topological polar surface area (TPSA) is 44.2 Å². The van der Waals surface area contributed by atoms with E-state index in [9.17, 15) is 0 Å². The van der Waals surface area contributed by atoms with E-state index in [1.807, 2.05) is 30.6 Å². The molecule has 4 aromatic rings. The van der Waals surface area contributed by atoms with Gasteiger partial charge in [-0.1, -0.05) is 25.6 Å². The van der Waals surface area contributed by atoms with E-state index in [1.54, 1.807) is 14.2 Å². The first kappa shape index (κ1) is 19.2. The molecule has 0 saturated heterocycles. The standard InChI is InChI=1S/C24H22N2O2.CH4/c1-27-22-11-19-18(10-15-9-17-5-3-4-6-21(17)25-13-15)14-26-24(16-7-8-16)20(19)12-23(22)28-2;/h3-6,9,11-14,16H,7-8,10H2,1-2H3;1H4. The van der Waals surface area contributed by atoms with Gasteiger partial charge in [0.1, 0.15) is 0 Å².